The maximum Gasteiger partial charge on any atom is 0.261 e. The molecule has 0 spiro atoms. The second-order valence-corrected chi connectivity index (χ2v) is 23.3. The fraction of sp³-hybridized carbons (Fsp3) is 0.472. The third-order valence-electron chi connectivity index (χ3n) is 12.9. The summed E-state index contributed by atoms with van der Waals surface area (Å²) >= 11 is 0. The summed E-state index contributed by atoms with van der Waals surface area (Å²) in [6.07, 6.45) is 3.96. The van der Waals surface area contributed by atoms with Crippen molar-refractivity contribution in [2.75, 3.05) is 52.8 Å². The Labute approximate surface area is 513 Å². The lowest BCUT2D eigenvalue weighted by Crippen LogP contribution is -2.33. The van der Waals surface area contributed by atoms with Crippen LogP contribution in [0.25, 0.3) is 0 Å². The number of ether oxygens (including phenoxy) is 11. The van der Waals surface area contributed by atoms with Gasteiger partial charge in [-0.15, -0.1) is 0 Å². The summed E-state index contributed by atoms with van der Waals surface area (Å²) in [4.78, 5) is 25.4. The highest BCUT2D eigenvalue weighted by atomic mass is 16.7. The van der Waals surface area contributed by atoms with Gasteiger partial charge in [-0.1, -0.05) is 158 Å². The van der Waals surface area contributed by atoms with E-state index in [1.807, 2.05) is 121 Å². The van der Waals surface area contributed by atoms with E-state index in [0.29, 0.717) is 83.8 Å². The van der Waals surface area contributed by atoms with Crippen LogP contribution in [0.4, 0.5) is 0 Å². The van der Waals surface area contributed by atoms with E-state index in [1.54, 1.807) is 24.3 Å². The lowest BCUT2D eigenvalue weighted by atomic mass is 10.1. The predicted molar refractivity (Wildman–Crippen MR) is 337 cm³/mol. The van der Waals surface area contributed by atoms with E-state index in [9.17, 15) is 9.59 Å². The highest BCUT2D eigenvalue weighted by Crippen LogP contribution is 2.25. The zero-order chi connectivity index (χ0) is 61.8. The molecule has 14 heteroatoms. The van der Waals surface area contributed by atoms with Gasteiger partial charge >= 0.3 is 0 Å². The lowest BCUT2D eigenvalue weighted by molar-refractivity contribution is -0.170. The first-order chi connectivity index (χ1) is 41.4. The van der Waals surface area contributed by atoms with Crippen LogP contribution in [0, 0.1) is 0 Å². The normalized spacial score (nSPS) is 14.2. The van der Waals surface area contributed by atoms with Crippen molar-refractivity contribution in [3.8, 4) is 0 Å². The Morgan fingerprint density at radius 3 is 1.34 bits per heavy atom. The summed E-state index contributed by atoms with van der Waals surface area (Å²) in [6.45, 7) is 27.2. The van der Waals surface area contributed by atoms with Crippen molar-refractivity contribution in [3.05, 3.63) is 214 Å². The van der Waals surface area contributed by atoms with Crippen molar-refractivity contribution in [1.82, 2.24) is 4.90 Å². The van der Waals surface area contributed by atoms with Crippen molar-refractivity contribution in [2.45, 2.75) is 170 Å². The highest BCUT2D eigenvalue weighted by molar-refractivity contribution is 6.21. The lowest BCUT2D eigenvalue weighted by Gasteiger charge is -2.22. The third-order valence-corrected chi connectivity index (χ3v) is 12.9. The number of hydrogen-bond donors (Lipinski definition) is 0. The van der Waals surface area contributed by atoms with Gasteiger partial charge in [-0.05, 0) is 128 Å². The van der Waals surface area contributed by atoms with Crippen molar-refractivity contribution in [2.24, 2.45) is 0 Å². The van der Waals surface area contributed by atoms with E-state index in [0.717, 1.165) is 52.8 Å². The first-order valence-corrected chi connectivity index (χ1v) is 30.4. The number of hydrogen-bond acceptors (Lipinski definition) is 13. The SMILES string of the molecule is CC(C)(C)OCCOCCN1C(=O)c2ccccc2C1=O.CC(C)(C)OCc1ccc(C(OCc2ccccc2)OCc2ccccc2)cc1.CC(C)OCCC(OCc1ccccc1)OCc1ccccc1.CC(C)OCCOC1CCCCO1. The van der Waals surface area contributed by atoms with E-state index < -0.39 is 6.29 Å². The van der Waals surface area contributed by atoms with Crippen molar-refractivity contribution in [1.29, 1.82) is 0 Å². The molecule has 0 radical (unpaired) electrons. The molecular weight excluding hydrogens is 1090 g/mol. The summed E-state index contributed by atoms with van der Waals surface area (Å²) < 4.78 is 62.8. The first-order valence-electron chi connectivity index (χ1n) is 30.4. The minimum Gasteiger partial charge on any atom is -0.379 e. The zero-order valence-electron chi connectivity index (χ0n) is 52.8. The smallest absolute Gasteiger partial charge is 0.261 e. The molecule has 8 rings (SSSR count). The molecule has 2 aliphatic rings. The molecule has 0 saturated carbocycles. The molecule has 0 aliphatic carbocycles. The van der Waals surface area contributed by atoms with E-state index in [4.69, 9.17) is 52.1 Å². The summed E-state index contributed by atoms with van der Waals surface area (Å²) in [7, 11) is 0. The molecule has 1 unspecified atom stereocenters. The summed E-state index contributed by atoms with van der Waals surface area (Å²) in [5.74, 6) is -0.490. The van der Waals surface area contributed by atoms with Crippen LogP contribution in [0.1, 0.15) is 155 Å². The molecule has 468 valence electrons. The molecule has 1 atom stereocenters. The van der Waals surface area contributed by atoms with Crippen LogP contribution in [0.3, 0.4) is 0 Å². The molecule has 86 heavy (non-hydrogen) atoms. The second-order valence-electron chi connectivity index (χ2n) is 23.3. The molecule has 1 saturated heterocycles. The minimum atomic E-state index is -0.437. The van der Waals surface area contributed by atoms with E-state index >= 15 is 0 Å². The Bertz CT molecular complexity index is 2590. The maximum atomic E-state index is 12.1. The molecular formula is C72H97NO13. The molecule has 2 aliphatic heterocycles. The molecule has 14 nitrogen and oxygen atoms in total. The van der Waals surface area contributed by atoms with E-state index in [2.05, 4.69) is 93.6 Å². The van der Waals surface area contributed by atoms with Gasteiger partial charge in [0.25, 0.3) is 11.8 Å². The predicted octanol–water partition coefficient (Wildman–Crippen LogP) is 15.1. The number of carbonyl (C=O) groups excluding carboxylic acids is 2. The van der Waals surface area contributed by atoms with E-state index in [-0.39, 0.29) is 54.3 Å². The Balaban J connectivity index is 0.000000216. The first kappa shape index (κ1) is 70.8. The summed E-state index contributed by atoms with van der Waals surface area (Å²) in [5.41, 5.74) is 7.26. The Morgan fingerprint density at radius 2 is 0.895 bits per heavy atom. The molecule has 1 fully saturated rings. The van der Waals surface area contributed by atoms with Crippen molar-refractivity contribution in [3.63, 3.8) is 0 Å². The van der Waals surface area contributed by atoms with Crippen LogP contribution in [-0.2, 0) is 85.1 Å². The number of fused-ring (bicyclic) bond motifs is 1. The Morgan fingerprint density at radius 1 is 0.453 bits per heavy atom. The van der Waals surface area contributed by atoms with Gasteiger partial charge in [-0.25, -0.2) is 0 Å². The van der Waals surface area contributed by atoms with Gasteiger partial charge in [-0.3, -0.25) is 14.5 Å². The van der Waals surface area contributed by atoms with Crippen LogP contribution in [0.2, 0.25) is 0 Å². The fourth-order valence-corrected chi connectivity index (χ4v) is 8.36. The average Bonchev–Trinajstić information content (AvgIpc) is 2.07. The second kappa shape index (κ2) is 39.7. The molecule has 6 aromatic carbocycles. The molecule has 2 amide bonds. The Hall–Kier alpha value is -5.98. The number of carbonyl (C=O) groups is 2. The van der Waals surface area contributed by atoms with Gasteiger partial charge in [0.05, 0.1) is 114 Å². The fourth-order valence-electron chi connectivity index (χ4n) is 8.36. The number of imide groups is 1. The van der Waals surface area contributed by atoms with E-state index in [1.165, 1.54) is 17.7 Å². The van der Waals surface area contributed by atoms with Gasteiger partial charge in [0.2, 0.25) is 0 Å². The topological polar surface area (TPSA) is 139 Å². The molecule has 6 aromatic rings. The van der Waals surface area contributed by atoms with Gasteiger partial charge in [0, 0.05) is 18.6 Å². The quantitative estimate of drug-likeness (QED) is 0.0240. The maximum absolute atomic E-state index is 12.1. The van der Waals surface area contributed by atoms with Gasteiger partial charge in [0.15, 0.2) is 18.9 Å². The highest BCUT2D eigenvalue weighted by Gasteiger charge is 2.34. The van der Waals surface area contributed by atoms with Crippen LogP contribution in [-0.4, -0.2) is 105 Å². The largest absolute Gasteiger partial charge is 0.379 e. The third kappa shape index (κ3) is 30.1. The number of amides is 2. The van der Waals surface area contributed by atoms with Crippen LogP contribution >= 0.6 is 0 Å². The van der Waals surface area contributed by atoms with Crippen LogP contribution in [0.5, 0.6) is 0 Å². The summed E-state index contributed by atoms with van der Waals surface area (Å²) in [5, 5.41) is 0. The Kier molecular flexibility index (Phi) is 32.7. The van der Waals surface area contributed by atoms with Gasteiger partial charge in [-0.2, -0.15) is 0 Å². The standard InChI is InChI=1S/C26H30O3.C20H26O3.C16H21NO4.C10H20O3/c1-26(2,3)29-20-23-14-16-24(17-15-23)25(27-18-21-10-6-4-7-11-21)28-19-22-12-8-5-9-13-22;1-17(2)21-14-13-20(22-15-18-9-5-3-6-10-18)23-16-19-11-7-4-8-12-19;1-16(2,3)21-11-10-20-9-8-17-14(18)12-6-4-5-7-13(12)15(17)19;1-9(2)11-7-8-13-10-5-3-4-6-12-10/h4-17,25H,18-20H2,1-3H3;3-12,17,20H,13-16H2,1-2H3;4-7H,8-11H2,1-3H3;9-10H,3-8H2,1-2H3. The zero-order valence-corrected chi connectivity index (χ0v) is 52.8. The van der Waals surface area contributed by atoms with Gasteiger partial charge < -0.3 is 52.1 Å². The minimum absolute atomic E-state index is 0.0181. The summed E-state index contributed by atoms with van der Waals surface area (Å²) in [6, 6.07) is 55.7. The molecule has 0 N–H and O–H groups in total. The molecule has 0 aromatic heterocycles. The van der Waals surface area contributed by atoms with Crippen molar-refractivity contribution >= 4 is 11.8 Å². The van der Waals surface area contributed by atoms with Crippen LogP contribution in [0.15, 0.2) is 170 Å². The molecule has 2 heterocycles. The van der Waals surface area contributed by atoms with Crippen molar-refractivity contribution < 1.29 is 61.7 Å². The van der Waals surface area contributed by atoms with Crippen LogP contribution < -0.4 is 0 Å². The number of rotatable bonds is 30. The number of benzene rings is 6. The van der Waals surface area contributed by atoms with Gasteiger partial charge in [0.1, 0.15) is 0 Å². The monoisotopic (exact) mass is 1180 g/mol. The average molecular weight is 1180 g/mol. The molecule has 0 bridgehead atoms. The number of nitrogens with zero attached hydrogens (tertiary/aromatic N) is 1.